The fraction of sp³-hybridized carbons (Fsp3) is 0.364. The smallest absolute Gasteiger partial charge is 0.244 e. The fourth-order valence-electron chi connectivity index (χ4n) is 3.00. The number of hydrogen-bond acceptors (Lipinski definition) is 4. The van der Waals surface area contributed by atoms with Crippen LogP contribution in [-0.2, 0) is 26.2 Å². The second-order valence-corrected chi connectivity index (χ2v) is 10.9. The lowest BCUT2D eigenvalue weighted by Gasteiger charge is -2.31. The lowest BCUT2D eigenvalue weighted by atomic mass is 10.1. The monoisotopic (exact) mass is 575 g/mol. The second kappa shape index (κ2) is 11.1. The minimum Gasteiger partial charge on any atom is -0.352 e. The van der Waals surface area contributed by atoms with E-state index in [1.165, 1.54) is 29.2 Å². The van der Waals surface area contributed by atoms with Gasteiger partial charge in [0.05, 0.1) is 11.9 Å². The Morgan fingerprint density at radius 2 is 1.59 bits per heavy atom. The topological polar surface area (TPSA) is 86.8 Å². The summed E-state index contributed by atoms with van der Waals surface area (Å²) in [5, 5.41) is 2.77. The number of anilines is 1. The van der Waals surface area contributed by atoms with Crippen LogP contribution in [0.4, 0.5) is 10.1 Å². The van der Waals surface area contributed by atoms with Gasteiger partial charge in [-0.25, -0.2) is 12.8 Å². The summed E-state index contributed by atoms with van der Waals surface area (Å²) in [5.74, 6) is -1.33. The lowest BCUT2D eigenvalue weighted by Crippen LogP contribution is -2.52. The van der Waals surface area contributed by atoms with Crippen molar-refractivity contribution in [2.24, 2.45) is 0 Å². The molecule has 2 rings (SSSR count). The van der Waals surface area contributed by atoms with Crippen LogP contribution in [0.3, 0.4) is 0 Å². The van der Waals surface area contributed by atoms with Gasteiger partial charge in [0.25, 0.3) is 0 Å². The molecule has 0 aliphatic rings. The maximum absolute atomic E-state index is 13.3. The Morgan fingerprint density at radius 1 is 1.03 bits per heavy atom. The average molecular weight is 575 g/mol. The molecule has 2 amide bonds. The molecule has 2 aromatic carbocycles. The molecule has 1 N–H and O–H groups in total. The van der Waals surface area contributed by atoms with Crippen molar-refractivity contribution in [1.82, 2.24) is 10.2 Å². The number of sulfonamides is 1. The van der Waals surface area contributed by atoms with Gasteiger partial charge < -0.3 is 10.2 Å². The van der Waals surface area contributed by atoms with Crippen LogP contribution < -0.4 is 9.62 Å². The number of carbonyl (C=O) groups is 2. The first kappa shape index (κ1) is 26.0. The first-order valence-corrected chi connectivity index (χ1v) is 12.9. The first-order chi connectivity index (χ1) is 14.9. The van der Waals surface area contributed by atoms with Gasteiger partial charge in [0.1, 0.15) is 18.4 Å². The lowest BCUT2D eigenvalue weighted by molar-refractivity contribution is -0.139. The summed E-state index contributed by atoms with van der Waals surface area (Å²) in [6, 6.07) is 11.3. The summed E-state index contributed by atoms with van der Waals surface area (Å²) in [6.45, 7) is 4.74. The van der Waals surface area contributed by atoms with Crippen LogP contribution in [0.25, 0.3) is 0 Å². The third-order valence-corrected chi connectivity index (χ3v) is 6.52. The van der Waals surface area contributed by atoms with Crippen LogP contribution in [0, 0.1) is 9.39 Å². The van der Waals surface area contributed by atoms with Gasteiger partial charge in [-0.15, -0.1) is 0 Å². The number of benzene rings is 2. The number of rotatable bonds is 9. The van der Waals surface area contributed by atoms with E-state index in [1.807, 2.05) is 0 Å². The average Bonchev–Trinajstić information content (AvgIpc) is 2.70. The van der Waals surface area contributed by atoms with E-state index >= 15 is 0 Å². The SMILES string of the molecule is CC(C)NC(=O)C(C)N(Cc1ccc(F)cc1)C(=O)CN(c1ccc(I)cc1)S(C)(=O)=O. The molecule has 0 aliphatic carbocycles. The highest BCUT2D eigenvalue weighted by molar-refractivity contribution is 14.1. The third kappa shape index (κ3) is 7.44. The predicted octanol–water partition coefficient (Wildman–Crippen LogP) is 3.14. The Morgan fingerprint density at radius 3 is 2.09 bits per heavy atom. The molecule has 0 radical (unpaired) electrons. The van der Waals surface area contributed by atoms with E-state index in [1.54, 1.807) is 45.0 Å². The van der Waals surface area contributed by atoms with Crippen molar-refractivity contribution in [3.8, 4) is 0 Å². The summed E-state index contributed by atoms with van der Waals surface area (Å²) < 4.78 is 40.1. The molecule has 0 saturated carbocycles. The van der Waals surface area contributed by atoms with Crippen molar-refractivity contribution in [2.75, 3.05) is 17.1 Å². The number of nitrogens with zero attached hydrogens (tertiary/aromatic N) is 2. The molecule has 0 aromatic heterocycles. The van der Waals surface area contributed by atoms with Crippen molar-refractivity contribution >= 4 is 50.1 Å². The standard InChI is InChI=1S/C22H27FIN3O4S/c1-15(2)25-22(29)16(3)26(13-17-5-7-18(23)8-6-17)21(28)14-27(32(4,30)31)20-11-9-19(24)10-12-20/h5-12,15-16H,13-14H2,1-4H3,(H,25,29). The van der Waals surface area contributed by atoms with Crippen LogP contribution >= 0.6 is 22.6 Å². The molecule has 7 nitrogen and oxygen atoms in total. The zero-order chi connectivity index (χ0) is 24.1. The number of nitrogens with one attached hydrogen (secondary N) is 1. The Balaban J connectivity index is 2.36. The first-order valence-electron chi connectivity index (χ1n) is 9.96. The molecule has 1 unspecified atom stereocenters. The van der Waals surface area contributed by atoms with Gasteiger partial charge >= 0.3 is 0 Å². The number of halogens is 2. The zero-order valence-corrected chi connectivity index (χ0v) is 21.4. The summed E-state index contributed by atoms with van der Waals surface area (Å²) in [4.78, 5) is 27.2. The Hall–Kier alpha value is -2.21. The van der Waals surface area contributed by atoms with Crippen LogP contribution in [0.2, 0.25) is 0 Å². The largest absolute Gasteiger partial charge is 0.352 e. The van der Waals surface area contributed by atoms with Gasteiger partial charge in [0.15, 0.2) is 0 Å². The third-order valence-electron chi connectivity index (χ3n) is 4.66. The molecular formula is C22H27FIN3O4S. The van der Waals surface area contributed by atoms with Crippen LogP contribution in [-0.4, -0.2) is 50.0 Å². The molecule has 0 aliphatic heterocycles. The minimum absolute atomic E-state index is 0.0239. The van der Waals surface area contributed by atoms with Crippen molar-refractivity contribution in [3.05, 3.63) is 63.5 Å². The van der Waals surface area contributed by atoms with E-state index in [0.29, 0.717) is 11.3 Å². The van der Waals surface area contributed by atoms with Gasteiger partial charge in [0.2, 0.25) is 21.8 Å². The van der Waals surface area contributed by atoms with E-state index < -0.39 is 34.3 Å². The summed E-state index contributed by atoms with van der Waals surface area (Å²) in [7, 11) is -3.77. The van der Waals surface area contributed by atoms with Gasteiger partial charge in [-0.3, -0.25) is 13.9 Å². The maximum atomic E-state index is 13.3. The molecule has 174 valence electrons. The van der Waals surface area contributed by atoms with Gasteiger partial charge in [-0.2, -0.15) is 0 Å². The summed E-state index contributed by atoms with van der Waals surface area (Å²) in [5.41, 5.74) is 0.964. The Bertz CT molecular complexity index is 1040. The molecule has 32 heavy (non-hydrogen) atoms. The molecule has 0 saturated heterocycles. The van der Waals surface area contributed by atoms with Crippen LogP contribution in [0.15, 0.2) is 48.5 Å². The fourth-order valence-corrected chi connectivity index (χ4v) is 4.20. The van der Waals surface area contributed by atoms with E-state index in [2.05, 4.69) is 27.9 Å². The van der Waals surface area contributed by atoms with E-state index in [0.717, 1.165) is 14.1 Å². The van der Waals surface area contributed by atoms with Gasteiger partial charge in [-0.05, 0) is 85.3 Å². The summed E-state index contributed by atoms with van der Waals surface area (Å²) in [6.07, 6.45) is 1.03. The number of amides is 2. The van der Waals surface area contributed by atoms with Crippen molar-refractivity contribution in [2.45, 2.75) is 39.4 Å². The Kier molecular flexibility index (Phi) is 9.02. The summed E-state index contributed by atoms with van der Waals surface area (Å²) >= 11 is 2.10. The normalized spacial score (nSPS) is 12.3. The van der Waals surface area contributed by atoms with E-state index in [-0.39, 0.29) is 18.5 Å². The highest BCUT2D eigenvalue weighted by Crippen LogP contribution is 2.20. The maximum Gasteiger partial charge on any atom is 0.244 e. The van der Waals surface area contributed by atoms with Crippen molar-refractivity contribution in [1.29, 1.82) is 0 Å². The number of hydrogen-bond donors (Lipinski definition) is 1. The van der Waals surface area contributed by atoms with E-state index in [4.69, 9.17) is 0 Å². The molecule has 2 aromatic rings. The van der Waals surface area contributed by atoms with Crippen molar-refractivity contribution < 1.29 is 22.4 Å². The van der Waals surface area contributed by atoms with Gasteiger partial charge in [0, 0.05) is 16.2 Å². The van der Waals surface area contributed by atoms with Crippen LogP contribution in [0.5, 0.6) is 0 Å². The number of carbonyl (C=O) groups excluding carboxylic acids is 2. The minimum atomic E-state index is -3.77. The molecule has 0 fully saturated rings. The molecule has 0 bridgehead atoms. The molecule has 10 heteroatoms. The van der Waals surface area contributed by atoms with Gasteiger partial charge in [-0.1, -0.05) is 12.1 Å². The highest BCUT2D eigenvalue weighted by Gasteiger charge is 2.30. The van der Waals surface area contributed by atoms with Crippen molar-refractivity contribution in [3.63, 3.8) is 0 Å². The molecule has 0 spiro atoms. The highest BCUT2D eigenvalue weighted by atomic mass is 127. The molecule has 1 atom stereocenters. The quantitative estimate of drug-likeness (QED) is 0.466. The molecular weight excluding hydrogens is 548 g/mol. The van der Waals surface area contributed by atoms with E-state index in [9.17, 15) is 22.4 Å². The van der Waals surface area contributed by atoms with Crippen LogP contribution in [0.1, 0.15) is 26.3 Å². The predicted molar refractivity (Wildman–Crippen MR) is 131 cm³/mol. The molecule has 0 heterocycles. The second-order valence-electron chi connectivity index (χ2n) is 7.73. The Labute approximate surface area is 202 Å². The zero-order valence-electron chi connectivity index (χ0n) is 18.4.